The van der Waals surface area contributed by atoms with E-state index in [0.717, 1.165) is 96.2 Å². The molecule has 13 rings (SSSR count). The third-order valence-electron chi connectivity index (χ3n) is 12.2. The zero-order valence-electron chi connectivity index (χ0n) is 42.4. The second-order valence-corrected chi connectivity index (χ2v) is 21.0. The summed E-state index contributed by atoms with van der Waals surface area (Å²) in [5, 5.41) is 53.7. The molecule has 25 nitrogen and oxygen atoms in total. The van der Waals surface area contributed by atoms with Crippen molar-refractivity contribution in [3.63, 3.8) is 0 Å². The van der Waals surface area contributed by atoms with Crippen LogP contribution in [0.2, 0.25) is 0 Å². The number of rotatable bonds is 10. The first-order valence-corrected chi connectivity index (χ1v) is 26.6. The summed E-state index contributed by atoms with van der Waals surface area (Å²) in [5.41, 5.74) is 17.6. The smallest absolute Gasteiger partial charge is 0.662 e. The number of nitrogens with zero attached hydrogens (tertiary/aromatic N) is 17. The van der Waals surface area contributed by atoms with E-state index in [1.165, 1.54) is 0 Å². The number of aromatic nitrogens is 17. The molecule has 0 aromatic carbocycles. The molecule has 0 bridgehead atoms. The van der Waals surface area contributed by atoms with E-state index in [1.807, 2.05) is 119 Å². The van der Waals surface area contributed by atoms with Crippen molar-refractivity contribution >= 4 is 123 Å². The topological polar surface area (TPSA) is 324 Å². The third-order valence-corrected chi connectivity index (χ3v) is 13.9. The van der Waals surface area contributed by atoms with Gasteiger partial charge in [-0.25, -0.2) is 19.0 Å². The van der Waals surface area contributed by atoms with Gasteiger partial charge in [0.05, 0.1) is 47.2 Å². The van der Waals surface area contributed by atoms with Crippen LogP contribution >= 0.6 is 59.4 Å². The van der Waals surface area contributed by atoms with Crippen molar-refractivity contribution in [3.8, 4) is 0 Å². The van der Waals surface area contributed by atoms with Gasteiger partial charge in [0.25, 0.3) is 6.47 Å². The molecule has 0 saturated heterocycles. The third kappa shape index (κ3) is 16.0. The van der Waals surface area contributed by atoms with Gasteiger partial charge in [-0.05, 0) is 179 Å². The van der Waals surface area contributed by atoms with Gasteiger partial charge in [-0.1, -0.05) is 22.3 Å². The van der Waals surface area contributed by atoms with E-state index in [4.69, 9.17) is 33.1 Å². The van der Waals surface area contributed by atoms with Crippen LogP contribution in [0.3, 0.4) is 0 Å². The van der Waals surface area contributed by atoms with E-state index in [0.29, 0.717) is 23.1 Å². The zero-order chi connectivity index (χ0) is 55.2. The number of nitrogen functional groups attached to an aromatic ring is 2. The summed E-state index contributed by atoms with van der Waals surface area (Å²) in [6, 6.07) is 22.8. The molecule has 11 aromatic rings. The molecule has 0 spiro atoms. The molecular weight excluding hydrogens is 1280 g/mol. The van der Waals surface area contributed by atoms with Crippen LogP contribution in [0.4, 0.5) is 17.5 Å². The summed E-state index contributed by atoms with van der Waals surface area (Å²) in [5.74, 6) is 4.14. The van der Waals surface area contributed by atoms with E-state index >= 15 is 0 Å². The van der Waals surface area contributed by atoms with E-state index in [9.17, 15) is 9.59 Å². The summed E-state index contributed by atoms with van der Waals surface area (Å²) >= 11 is 15.4. The molecular formula is C52H57Br3ClN20NaO5. The molecule has 1 amide bonds. The number of imidazole rings is 2. The molecule has 2 aliphatic rings. The summed E-state index contributed by atoms with van der Waals surface area (Å²) in [6.45, 7) is 5.92. The number of nitrogens with one attached hydrogen (secondary N) is 1. The Morgan fingerprint density at radius 1 is 0.573 bits per heavy atom. The van der Waals surface area contributed by atoms with E-state index in [2.05, 4.69) is 119 Å². The summed E-state index contributed by atoms with van der Waals surface area (Å²) in [6.07, 6.45) is 13.2. The average molecular weight is 1340 g/mol. The summed E-state index contributed by atoms with van der Waals surface area (Å²) in [7, 11) is 0. The van der Waals surface area contributed by atoms with Crippen LogP contribution in [0.15, 0.2) is 117 Å². The predicted molar refractivity (Wildman–Crippen MR) is 314 cm³/mol. The first-order chi connectivity index (χ1) is 37.6. The quantitative estimate of drug-likeness (QED) is 0.0477. The van der Waals surface area contributed by atoms with Gasteiger partial charge in [-0.15, -0.1) is 35.7 Å². The van der Waals surface area contributed by atoms with E-state index in [1.54, 1.807) is 27.5 Å². The summed E-state index contributed by atoms with van der Waals surface area (Å²) < 4.78 is 12.1. The number of carbonyl (C=O) groups excluding carboxylic acids is 3. The monoisotopic (exact) mass is 1340 g/mol. The van der Waals surface area contributed by atoms with E-state index in [-0.39, 0.29) is 99.0 Å². The first-order valence-electron chi connectivity index (χ1n) is 23.9. The first kappa shape index (κ1) is 65.9. The molecule has 3 unspecified atom stereocenters. The number of halogens is 4. The second-order valence-electron chi connectivity index (χ2n) is 17.9. The fourth-order valence-corrected chi connectivity index (χ4v) is 8.96. The number of carbonyl (C=O) groups is 3. The number of hydrogen-bond acceptors (Lipinski definition) is 19. The Kier molecular flexibility index (Phi) is 23.6. The van der Waals surface area contributed by atoms with Crippen molar-refractivity contribution in [2.45, 2.75) is 86.5 Å². The van der Waals surface area contributed by atoms with Gasteiger partial charge < -0.3 is 26.9 Å². The summed E-state index contributed by atoms with van der Waals surface area (Å²) in [4.78, 5) is 41.7. The zero-order valence-corrected chi connectivity index (χ0v) is 49.9. The van der Waals surface area contributed by atoms with Crippen LogP contribution in [0.1, 0.15) is 121 Å². The number of anilines is 3. The molecule has 11 heterocycles. The fourth-order valence-electron chi connectivity index (χ4n) is 7.73. The molecule has 2 saturated carbocycles. The minimum absolute atomic E-state index is 0. The van der Waals surface area contributed by atoms with Crippen molar-refractivity contribution in [2.75, 3.05) is 16.8 Å². The fraction of sp³-hybridized carbons (Fsp3) is 0.288. The Morgan fingerprint density at radius 3 is 1.37 bits per heavy atom. The van der Waals surface area contributed by atoms with Crippen LogP contribution in [0.5, 0.6) is 0 Å². The number of nitrogens with two attached hydrogens (primary N) is 2. The van der Waals surface area contributed by atoms with Gasteiger partial charge in [-0.3, -0.25) is 27.6 Å². The maximum absolute atomic E-state index is 11.9. The van der Waals surface area contributed by atoms with Gasteiger partial charge in [0, 0.05) is 43.8 Å². The maximum Gasteiger partial charge on any atom is 1.00 e. The number of amides is 1. The molecule has 0 aliphatic heterocycles. The Balaban J connectivity index is 0.000000205. The Morgan fingerprint density at radius 2 is 0.976 bits per heavy atom. The second kappa shape index (κ2) is 29.4. The molecule has 82 heavy (non-hydrogen) atoms. The largest absolute Gasteiger partial charge is 1.00 e. The average Bonchev–Trinajstić information content (AvgIpc) is 4.30. The number of pyridine rings is 3. The number of hydrogen-bond donors (Lipinski definition) is 3. The Bertz CT molecular complexity index is 3940. The van der Waals surface area contributed by atoms with Gasteiger partial charge >= 0.3 is 29.6 Å². The standard InChI is InChI=1S/C18H16BrN7O.C14H12BrN7.C12H11BrN6.C4H5ClO.CH2O3.3CH4.Na/c1-10(17-23-22-16-6-4-12(19)8-25(16)17)13-5-7-15-20-14(9-26(15)24-13)21-18(27)11-2-3-11;1-8(10-3-5-12-17-11(16)7-22(12)20-10)14-19-18-13-4-2-9(15)6-21(13)14;1-7(9-3-4-10(14)16-15-9)12-18-17-11-5-2-8(13)6-19(11)12;5-4(6)3-1-2-3;2-1-4-3;;;;/h4-11H,2-3H2,1H3,(H,21,27);2-8H,16H2,1H3;2-7H,1H3,(H2,14,16);3H,1-2H2;1,3H;3*1H4;/q;;;;;;;;+1/p-1. The number of fused-ring (bicyclic) bond motifs is 5. The Hall–Kier alpha value is -6.92. The van der Waals surface area contributed by atoms with Gasteiger partial charge in [0.2, 0.25) is 11.1 Å². The van der Waals surface area contributed by atoms with Crippen LogP contribution in [-0.2, 0) is 19.3 Å². The minimum atomic E-state index is -0.181. The van der Waals surface area contributed by atoms with Crippen molar-refractivity contribution in [1.29, 1.82) is 0 Å². The Labute approximate surface area is 522 Å². The molecule has 2 fully saturated rings. The van der Waals surface area contributed by atoms with Gasteiger partial charge in [-0.2, -0.15) is 15.3 Å². The molecule has 424 valence electrons. The SMILES string of the molecule is C.C.C.CC(c1ccc(N)nn1)c1nnc2ccc(Br)cn12.CC(c1ccc2nc(N)cn2n1)c1nnc2ccc(Br)cn12.CC(c1ccc2nc(NC(=O)C3CC3)cn2n1)c1nnc2ccc(Br)cn12.O=C(Cl)C1CC1.O=CO[O-].[Na+]. The van der Waals surface area contributed by atoms with Crippen molar-refractivity contribution in [3.05, 3.63) is 152 Å². The molecule has 0 radical (unpaired) electrons. The predicted octanol–water partition coefficient (Wildman–Crippen LogP) is 5.83. The van der Waals surface area contributed by atoms with Gasteiger partial charge in [0.15, 0.2) is 34.1 Å². The van der Waals surface area contributed by atoms with Crippen LogP contribution in [0.25, 0.3) is 28.2 Å². The van der Waals surface area contributed by atoms with Crippen LogP contribution < -0.4 is 51.6 Å². The van der Waals surface area contributed by atoms with Gasteiger partial charge in [0.1, 0.15) is 29.1 Å². The maximum atomic E-state index is 11.9. The van der Waals surface area contributed by atoms with Crippen LogP contribution in [-0.4, -0.2) is 101 Å². The van der Waals surface area contributed by atoms with Crippen LogP contribution in [0, 0.1) is 11.8 Å². The molecule has 2 aliphatic carbocycles. The molecule has 3 atom stereocenters. The van der Waals surface area contributed by atoms with Crippen molar-refractivity contribution in [1.82, 2.24) is 83.2 Å². The molecule has 11 aromatic heterocycles. The van der Waals surface area contributed by atoms with Crippen molar-refractivity contribution < 1.29 is 54.1 Å². The van der Waals surface area contributed by atoms with Crippen molar-refractivity contribution in [2.24, 2.45) is 11.8 Å². The molecule has 30 heteroatoms. The molecule has 5 N–H and O–H groups in total. The normalized spacial score (nSPS) is 13.3. The minimum Gasteiger partial charge on any atom is -0.662 e. The van der Waals surface area contributed by atoms with E-state index < -0.39 is 0 Å².